The van der Waals surface area contributed by atoms with Crippen LogP contribution in [0.4, 0.5) is 0 Å². The van der Waals surface area contributed by atoms with Gasteiger partial charge in [-0.25, -0.2) is 4.79 Å². The number of fused-ring (bicyclic) bond motifs is 1. The molecule has 0 saturated heterocycles. The van der Waals surface area contributed by atoms with Gasteiger partial charge in [0.25, 0.3) is 5.91 Å². The zero-order valence-corrected chi connectivity index (χ0v) is 16.2. The average Bonchev–Trinajstić information content (AvgIpc) is 3.24. The molecule has 0 N–H and O–H groups in total. The van der Waals surface area contributed by atoms with Crippen molar-refractivity contribution in [1.82, 2.24) is 14.3 Å². The molecule has 0 unspecified atom stereocenters. The van der Waals surface area contributed by atoms with Crippen LogP contribution in [0.2, 0.25) is 0 Å². The van der Waals surface area contributed by atoms with Gasteiger partial charge in [0.1, 0.15) is 5.69 Å². The Morgan fingerprint density at radius 2 is 2.11 bits per heavy atom. The van der Waals surface area contributed by atoms with Gasteiger partial charge in [0.2, 0.25) is 0 Å². The molecule has 2 heterocycles. The molecule has 27 heavy (non-hydrogen) atoms. The highest BCUT2D eigenvalue weighted by Gasteiger charge is 2.14. The number of aromatic nitrogens is 3. The number of thiazole rings is 1. The van der Waals surface area contributed by atoms with E-state index in [4.69, 9.17) is 9.47 Å². The van der Waals surface area contributed by atoms with Gasteiger partial charge in [0, 0.05) is 26.4 Å². The average molecular weight is 388 g/mol. The van der Waals surface area contributed by atoms with Crippen LogP contribution in [0, 0.1) is 0 Å². The Hall–Kier alpha value is -2.78. The van der Waals surface area contributed by atoms with Crippen molar-refractivity contribution in [3.05, 3.63) is 46.5 Å². The summed E-state index contributed by atoms with van der Waals surface area (Å²) in [6, 6.07) is 6.90. The molecule has 0 aliphatic heterocycles. The number of carbonyl (C=O) groups is 2. The molecule has 3 rings (SSSR count). The Labute approximate surface area is 159 Å². The Kier molecular flexibility index (Phi) is 5.82. The van der Waals surface area contributed by atoms with Gasteiger partial charge in [-0.15, -0.1) is 0 Å². The predicted octanol–water partition coefficient (Wildman–Crippen LogP) is 2.00. The second kappa shape index (κ2) is 8.28. The van der Waals surface area contributed by atoms with Crippen LogP contribution in [-0.2, 0) is 23.1 Å². The topological polar surface area (TPSA) is 87.7 Å². The minimum absolute atomic E-state index is 0.375. The Morgan fingerprint density at radius 1 is 1.30 bits per heavy atom. The van der Waals surface area contributed by atoms with Gasteiger partial charge in [-0.2, -0.15) is 10.1 Å². The largest absolute Gasteiger partial charge is 0.465 e. The number of amides is 1. The zero-order chi connectivity index (χ0) is 19.4. The zero-order valence-electron chi connectivity index (χ0n) is 15.3. The number of carbonyl (C=O) groups excluding carboxylic acids is 2. The molecule has 142 valence electrons. The number of ether oxygens (including phenoxy) is 2. The summed E-state index contributed by atoms with van der Waals surface area (Å²) in [5, 5.41) is 4.01. The number of methoxy groups -OCH3 is 1. The van der Waals surface area contributed by atoms with Crippen molar-refractivity contribution in [2.24, 2.45) is 12.0 Å². The molecule has 1 amide bonds. The summed E-state index contributed by atoms with van der Waals surface area (Å²) in [4.78, 5) is 29.2. The highest BCUT2D eigenvalue weighted by Crippen LogP contribution is 2.20. The van der Waals surface area contributed by atoms with Crippen LogP contribution in [-0.4, -0.2) is 46.5 Å². The van der Waals surface area contributed by atoms with E-state index in [1.807, 2.05) is 17.6 Å². The van der Waals surface area contributed by atoms with Crippen LogP contribution in [0.5, 0.6) is 0 Å². The first-order valence-corrected chi connectivity index (χ1v) is 9.23. The van der Waals surface area contributed by atoms with E-state index in [1.165, 1.54) is 23.1 Å². The number of hydrogen-bond donors (Lipinski definition) is 0. The fraction of sp³-hybridized carbons (Fsp3) is 0.333. The quantitative estimate of drug-likeness (QED) is 0.476. The third kappa shape index (κ3) is 3.99. The number of nitrogens with zero attached hydrogens (tertiary/aromatic N) is 4. The monoisotopic (exact) mass is 388 g/mol. The molecule has 0 aliphatic rings. The minimum atomic E-state index is -0.407. The first kappa shape index (κ1) is 19.0. The fourth-order valence-electron chi connectivity index (χ4n) is 2.65. The van der Waals surface area contributed by atoms with Crippen molar-refractivity contribution in [3.8, 4) is 0 Å². The van der Waals surface area contributed by atoms with Crippen molar-refractivity contribution < 1.29 is 19.1 Å². The number of aryl methyl sites for hydroxylation is 1. The summed E-state index contributed by atoms with van der Waals surface area (Å²) in [5.74, 6) is -0.782. The third-order valence-electron chi connectivity index (χ3n) is 4.00. The van der Waals surface area contributed by atoms with E-state index in [1.54, 1.807) is 31.4 Å². The lowest BCUT2D eigenvalue weighted by Gasteiger charge is -2.06. The summed E-state index contributed by atoms with van der Waals surface area (Å²) in [5.41, 5.74) is 1.73. The molecule has 0 radical (unpaired) electrons. The summed E-state index contributed by atoms with van der Waals surface area (Å²) >= 11 is 1.34. The molecular weight excluding hydrogens is 368 g/mol. The molecule has 1 aromatic carbocycles. The van der Waals surface area contributed by atoms with Gasteiger partial charge in [-0.05, 0) is 31.2 Å². The van der Waals surface area contributed by atoms with E-state index in [2.05, 4.69) is 10.1 Å². The van der Waals surface area contributed by atoms with Gasteiger partial charge in [-0.1, -0.05) is 11.3 Å². The molecule has 0 atom stereocenters. The number of hydrogen-bond acceptors (Lipinski definition) is 6. The van der Waals surface area contributed by atoms with Crippen molar-refractivity contribution in [3.63, 3.8) is 0 Å². The molecule has 0 fully saturated rings. The van der Waals surface area contributed by atoms with Gasteiger partial charge >= 0.3 is 5.97 Å². The van der Waals surface area contributed by atoms with Crippen LogP contribution < -0.4 is 4.80 Å². The molecule has 0 bridgehead atoms. The summed E-state index contributed by atoms with van der Waals surface area (Å²) in [7, 11) is 3.04. The summed E-state index contributed by atoms with van der Waals surface area (Å²) in [6.45, 7) is 3.57. The highest BCUT2D eigenvalue weighted by molar-refractivity contribution is 7.16. The minimum Gasteiger partial charge on any atom is -0.465 e. The summed E-state index contributed by atoms with van der Waals surface area (Å²) in [6.07, 6.45) is 1.56. The van der Waals surface area contributed by atoms with Crippen LogP contribution in [0.3, 0.4) is 0 Å². The van der Waals surface area contributed by atoms with Gasteiger partial charge in [0.05, 0.1) is 29.5 Å². The molecule has 0 aliphatic carbocycles. The number of benzene rings is 1. The van der Waals surface area contributed by atoms with E-state index in [0.29, 0.717) is 35.8 Å². The Balaban J connectivity index is 2.09. The lowest BCUT2D eigenvalue weighted by molar-refractivity contribution is 0.0600. The summed E-state index contributed by atoms with van der Waals surface area (Å²) < 4.78 is 14.5. The van der Waals surface area contributed by atoms with E-state index < -0.39 is 5.97 Å². The van der Waals surface area contributed by atoms with Crippen LogP contribution in [0.25, 0.3) is 10.2 Å². The predicted molar refractivity (Wildman–Crippen MR) is 101 cm³/mol. The lowest BCUT2D eigenvalue weighted by atomic mass is 10.2. The Bertz CT molecular complexity index is 1050. The van der Waals surface area contributed by atoms with Gasteiger partial charge in [-0.3, -0.25) is 9.48 Å². The van der Waals surface area contributed by atoms with E-state index in [0.717, 1.165) is 10.2 Å². The maximum absolute atomic E-state index is 12.5. The molecule has 0 spiro atoms. The fourth-order valence-corrected chi connectivity index (χ4v) is 3.74. The second-order valence-corrected chi connectivity index (χ2v) is 6.67. The first-order valence-electron chi connectivity index (χ1n) is 8.41. The van der Waals surface area contributed by atoms with Crippen LogP contribution >= 0.6 is 11.3 Å². The highest BCUT2D eigenvalue weighted by atomic mass is 32.1. The number of esters is 1. The van der Waals surface area contributed by atoms with E-state index in [-0.39, 0.29) is 5.91 Å². The van der Waals surface area contributed by atoms with Gasteiger partial charge < -0.3 is 14.0 Å². The molecule has 3 aromatic rings. The van der Waals surface area contributed by atoms with Crippen molar-refractivity contribution in [2.45, 2.75) is 13.5 Å². The van der Waals surface area contributed by atoms with E-state index in [9.17, 15) is 9.59 Å². The maximum atomic E-state index is 12.5. The second-order valence-electron chi connectivity index (χ2n) is 5.66. The van der Waals surface area contributed by atoms with Gasteiger partial charge in [0.15, 0.2) is 4.80 Å². The van der Waals surface area contributed by atoms with Crippen LogP contribution in [0.1, 0.15) is 27.8 Å². The SMILES string of the molecule is CCOCCn1c(=NC(=O)c2ccnn2C)sc2cc(C(=O)OC)ccc21. The third-order valence-corrected chi connectivity index (χ3v) is 5.05. The van der Waals surface area contributed by atoms with Crippen LogP contribution in [0.15, 0.2) is 35.5 Å². The molecule has 9 heteroatoms. The molecular formula is C18H20N4O4S. The molecule has 2 aromatic heterocycles. The number of rotatable bonds is 6. The van der Waals surface area contributed by atoms with Crippen molar-refractivity contribution >= 4 is 33.4 Å². The maximum Gasteiger partial charge on any atom is 0.337 e. The van der Waals surface area contributed by atoms with E-state index >= 15 is 0 Å². The Morgan fingerprint density at radius 3 is 2.78 bits per heavy atom. The van der Waals surface area contributed by atoms with Crippen molar-refractivity contribution in [2.75, 3.05) is 20.3 Å². The smallest absolute Gasteiger partial charge is 0.337 e. The first-order chi connectivity index (χ1) is 13.0. The van der Waals surface area contributed by atoms with Crippen molar-refractivity contribution in [1.29, 1.82) is 0 Å². The normalized spacial score (nSPS) is 11.9. The standard InChI is InChI=1S/C18H20N4O4S/c1-4-26-10-9-22-13-6-5-12(17(24)25-3)11-15(13)27-18(22)20-16(23)14-7-8-19-21(14)2/h5-8,11H,4,9-10H2,1-3H3. The lowest BCUT2D eigenvalue weighted by Crippen LogP contribution is -2.20. The molecule has 8 nitrogen and oxygen atoms in total. The molecule has 0 saturated carbocycles.